The number of amides is 1. The smallest absolute Gasteiger partial charge is 0.387 e. The Morgan fingerprint density at radius 3 is 2.57 bits per heavy atom. The van der Waals surface area contributed by atoms with Gasteiger partial charge in [-0.3, -0.25) is 4.79 Å². The van der Waals surface area contributed by atoms with Crippen LogP contribution in [0.3, 0.4) is 0 Å². The molecule has 2 aromatic rings. The molecule has 28 heavy (non-hydrogen) atoms. The Balaban J connectivity index is 1.82. The van der Waals surface area contributed by atoms with E-state index in [0.29, 0.717) is 18.7 Å². The number of ether oxygens (including phenoxy) is 2. The summed E-state index contributed by atoms with van der Waals surface area (Å²) in [5, 5.41) is 3.66. The largest absolute Gasteiger partial charge is 0.494 e. The van der Waals surface area contributed by atoms with Crippen molar-refractivity contribution in [3.8, 4) is 11.5 Å². The second-order valence-electron chi connectivity index (χ2n) is 5.75. The zero-order chi connectivity index (χ0) is 20.4. The van der Waals surface area contributed by atoms with Crippen molar-refractivity contribution in [1.29, 1.82) is 0 Å². The molecule has 0 atom stereocenters. The summed E-state index contributed by atoms with van der Waals surface area (Å²) >= 11 is 0. The molecule has 0 aliphatic carbocycles. The van der Waals surface area contributed by atoms with E-state index in [2.05, 4.69) is 9.89 Å². The highest BCUT2D eigenvalue weighted by molar-refractivity contribution is 5.83. The van der Waals surface area contributed by atoms with Gasteiger partial charge in [0.2, 0.25) is 0 Å². The second kappa shape index (κ2) is 10.9. The molecule has 0 saturated heterocycles. The van der Waals surface area contributed by atoms with Gasteiger partial charge in [-0.2, -0.15) is 8.78 Å². The van der Waals surface area contributed by atoms with Crippen molar-refractivity contribution in [2.75, 3.05) is 20.3 Å². The van der Waals surface area contributed by atoms with Crippen LogP contribution in [-0.2, 0) is 16.2 Å². The summed E-state index contributed by atoms with van der Waals surface area (Å²) in [6.45, 7) is -0.305. The highest BCUT2D eigenvalue weighted by atomic mass is 19.3. The number of likely N-dealkylation sites (N-methyl/N-ethyl adjacent to an activating group) is 1. The Kier molecular flexibility index (Phi) is 8.20. The maximum Gasteiger partial charge on any atom is 0.387 e. The molecule has 0 saturated carbocycles. The first-order valence-corrected chi connectivity index (χ1v) is 8.64. The lowest BCUT2D eigenvalue weighted by Gasteiger charge is -2.16. The van der Waals surface area contributed by atoms with E-state index in [1.807, 2.05) is 31.2 Å². The van der Waals surface area contributed by atoms with Gasteiger partial charge in [0.15, 0.2) is 6.61 Å². The maximum atomic E-state index is 12.4. The topological polar surface area (TPSA) is 60.4 Å². The lowest BCUT2D eigenvalue weighted by atomic mass is 10.2. The van der Waals surface area contributed by atoms with E-state index >= 15 is 0 Å². The van der Waals surface area contributed by atoms with E-state index in [1.165, 1.54) is 17.2 Å². The standard InChI is InChI=1S/C20H22F2N2O4/c1-3-26-17-10-8-15(9-11-17)13-24(2)19(25)14-27-23-12-16-6-4-5-7-18(16)28-20(21)22/h4-12,20H,3,13-14H2,1-2H3/b23-12+. The van der Waals surface area contributed by atoms with Crippen LogP contribution in [0.5, 0.6) is 11.5 Å². The summed E-state index contributed by atoms with van der Waals surface area (Å²) < 4.78 is 34.5. The number of hydrogen-bond acceptors (Lipinski definition) is 5. The van der Waals surface area contributed by atoms with E-state index in [0.717, 1.165) is 11.3 Å². The number of hydrogen-bond donors (Lipinski definition) is 0. The van der Waals surface area contributed by atoms with Gasteiger partial charge in [-0.1, -0.05) is 29.4 Å². The van der Waals surface area contributed by atoms with Gasteiger partial charge in [-0.25, -0.2) is 0 Å². The molecule has 0 aliphatic heterocycles. The fraction of sp³-hybridized carbons (Fsp3) is 0.300. The van der Waals surface area contributed by atoms with Crippen LogP contribution in [0.25, 0.3) is 0 Å². The summed E-state index contributed by atoms with van der Waals surface area (Å²) in [7, 11) is 1.65. The average molecular weight is 392 g/mol. The van der Waals surface area contributed by atoms with Crippen LogP contribution in [-0.4, -0.2) is 43.9 Å². The second-order valence-corrected chi connectivity index (χ2v) is 5.75. The van der Waals surface area contributed by atoms with Crippen molar-refractivity contribution in [2.24, 2.45) is 5.16 Å². The molecule has 0 fully saturated rings. The minimum atomic E-state index is -2.94. The molecule has 0 spiro atoms. The Morgan fingerprint density at radius 1 is 1.18 bits per heavy atom. The number of oxime groups is 1. The first kappa shape index (κ1) is 21.1. The summed E-state index contributed by atoms with van der Waals surface area (Å²) in [6.07, 6.45) is 1.22. The van der Waals surface area contributed by atoms with Crippen molar-refractivity contribution < 1.29 is 27.9 Å². The minimum Gasteiger partial charge on any atom is -0.494 e. The number of rotatable bonds is 10. The first-order valence-electron chi connectivity index (χ1n) is 8.64. The molecule has 0 unspecified atom stereocenters. The van der Waals surface area contributed by atoms with Crippen LogP contribution in [0.15, 0.2) is 53.7 Å². The molecule has 0 radical (unpaired) electrons. The molecule has 6 nitrogen and oxygen atoms in total. The quantitative estimate of drug-likeness (QED) is 0.457. The molecular formula is C20H22F2N2O4. The normalized spacial score (nSPS) is 10.9. The van der Waals surface area contributed by atoms with Gasteiger partial charge < -0.3 is 19.2 Å². The number of alkyl halides is 2. The number of benzene rings is 2. The van der Waals surface area contributed by atoms with E-state index in [1.54, 1.807) is 25.2 Å². The first-order chi connectivity index (χ1) is 13.5. The van der Waals surface area contributed by atoms with Gasteiger partial charge in [0.05, 0.1) is 12.8 Å². The number of carbonyl (C=O) groups is 1. The summed E-state index contributed by atoms with van der Waals surface area (Å²) in [4.78, 5) is 18.6. The average Bonchev–Trinajstić information content (AvgIpc) is 2.67. The number of carbonyl (C=O) groups excluding carboxylic acids is 1. The fourth-order valence-electron chi connectivity index (χ4n) is 2.31. The van der Waals surface area contributed by atoms with Crippen molar-refractivity contribution in [3.05, 3.63) is 59.7 Å². The predicted molar refractivity (Wildman–Crippen MR) is 101 cm³/mol. The van der Waals surface area contributed by atoms with E-state index < -0.39 is 6.61 Å². The Hall–Kier alpha value is -3.16. The lowest BCUT2D eigenvalue weighted by Crippen LogP contribution is -2.29. The zero-order valence-electron chi connectivity index (χ0n) is 15.7. The highest BCUT2D eigenvalue weighted by Gasteiger charge is 2.11. The van der Waals surface area contributed by atoms with Crippen molar-refractivity contribution in [3.63, 3.8) is 0 Å². The molecule has 0 heterocycles. The van der Waals surface area contributed by atoms with Crippen LogP contribution in [0.1, 0.15) is 18.1 Å². The third-order valence-corrected chi connectivity index (χ3v) is 3.67. The third kappa shape index (κ3) is 6.86. The number of halogens is 2. The molecule has 0 N–H and O–H groups in total. The minimum absolute atomic E-state index is 0.0243. The number of para-hydroxylation sites is 1. The molecular weight excluding hydrogens is 370 g/mol. The van der Waals surface area contributed by atoms with Gasteiger partial charge >= 0.3 is 6.61 Å². The lowest BCUT2D eigenvalue weighted by molar-refractivity contribution is -0.135. The summed E-state index contributed by atoms with van der Waals surface area (Å²) in [5.74, 6) is 0.473. The van der Waals surface area contributed by atoms with Crippen molar-refractivity contribution >= 4 is 12.1 Å². The highest BCUT2D eigenvalue weighted by Crippen LogP contribution is 2.18. The van der Waals surface area contributed by atoms with E-state index in [4.69, 9.17) is 9.57 Å². The summed E-state index contributed by atoms with van der Waals surface area (Å²) in [5.41, 5.74) is 1.26. The Morgan fingerprint density at radius 2 is 1.89 bits per heavy atom. The molecule has 0 aliphatic rings. The van der Waals surface area contributed by atoms with Crippen molar-refractivity contribution in [1.82, 2.24) is 4.90 Å². The third-order valence-electron chi connectivity index (χ3n) is 3.67. The molecule has 150 valence electrons. The SMILES string of the molecule is CCOc1ccc(CN(C)C(=O)CO/N=C/c2ccccc2OC(F)F)cc1. The van der Waals surface area contributed by atoms with Gasteiger partial charge in [0, 0.05) is 19.2 Å². The summed E-state index contributed by atoms with van der Waals surface area (Å²) in [6, 6.07) is 13.6. The van der Waals surface area contributed by atoms with Crippen LogP contribution in [0.2, 0.25) is 0 Å². The molecule has 8 heteroatoms. The number of nitrogens with zero attached hydrogens (tertiary/aromatic N) is 2. The van der Waals surface area contributed by atoms with Gasteiger partial charge in [0.25, 0.3) is 5.91 Å². The predicted octanol–water partition coefficient (Wildman–Crippen LogP) is 3.70. The fourth-order valence-corrected chi connectivity index (χ4v) is 2.31. The van der Waals surface area contributed by atoms with E-state index in [-0.39, 0.29) is 18.3 Å². The molecule has 1 amide bonds. The Labute approximate surface area is 162 Å². The molecule has 0 aromatic heterocycles. The monoisotopic (exact) mass is 392 g/mol. The van der Waals surface area contributed by atoms with Crippen LogP contribution < -0.4 is 9.47 Å². The molecule has 0 bridgehead atoms. The Bertz CT molecular complexity index is 782. The van der Waals surface area contributed by atoms with Crippen LogP contribution in [0, 0.1) is 0 Å². The van der Waals surface area contributed by atoms with Crippen LogP contribution in [0.4, 0.5) is 8.78 Å². The van der Waals surface area contributed by atoms with Gasteiger partial charge in [-0.05, 0) is 36.8 Å². The van der Waals surface area contributed by atoms with Crippen molar-refractivity contribution in [2.45, 2.75) is 20.1 Å². The molecule has 2 aromatic carbocycles. The van der Waals surface area contributed by atoms with Crippen LogP contribution >= 0.6 is 0 Å². The van der Waals surface area contributed by atoms with E-state index in [9.17, 15) is 13.6 Å². The maximum absolute atomic E-state index is 12.4. The zero-order valence-corrected chi connectivity index (χ0v) is 15.7. The molecule has 2 rings (SSSR count). The van der Waals surface area contributed by atoms with Gasteiger partial charge in [-0.15, -0.1) is 0 Å². The van der Waals surface area contributed by atoms with Gasteiger partial charge in [0.1, 0.15) is 11.5 Å².